The molecule has 6 heteroatoms. The van der Waals surface area contributed by atoms with Crippen LogP contribution in [0.5, 0.6) is 0 Å². The highest BCUT2D eigenvalue weighted by Crippen LogP contribution is 2.27. The number of benzene rings is 1. The molecule has 5 nitrogen and oxygen atoms in total. The fourth-order valence-electron chi connectivity index (χ4n) is 3.99. The van der Waals surface area contributed by atoms with Crippen molar-refractivity contribution in [3.05, 3.63) is 35.6 Å². The van der Waals surface area contributed by atoms with Gasteiger partial charge < -0.3 is 9.64 Å². The average Bonchev–Trinajstić information content (AvgIpc) is 2.64. The maximum Gasteiger partial charge on any atom is 0.244 e. The van der Waals surface area contributed by atoms with E-state index in [0.29, 0.717) is 11.5 Å². The minimum atomic E-state index is -0.563. The Balaban J connectivity index is 1.58. The van der Waals surface area contributed by atoms with Crippen molar-refractivity contribution in [1.29, 1.82) is 0 Å². The van der Waals surface area contributed by atoms with E-state index in [1.54, 1.807) is 23.1 Å². The molecule has 2 aliphatic heterocycles. The van der Waals surface area contributed by atoms with Gasteiger partial charge in [-0.05, 0) is 38.9 Å². The first-order valence-corrected chi connectivity index (χ1v) is 9.56. The molecule has 2 saturated heterocycles. The Hall–Kier alpha value is -1.50. The van der Waals surface area contributed by atoms with E-state index >= 15 is 0 Å². The first-order valence-electron chi connectivity index (χ1n) is 9.56. The van der Waals surface area contributed by atoms with Gasteiger partial charge in [-0.25, -0.2) is 4.39 Å². The SMILES string of the molecule is CN(C)C(C(=O)N1CCC(CN2CCOCC2)CC1)c1ccccc1F. The molecule has 26 heavy (non-hydrogen) atoms. The van der Waals surface area contributed by atoms with Crippen LogP contribution in [0.15, 0.2) is 24.3 Å². The molecular formula is C20H30FN3O2. The van der Waals surface area contributed by atoms with Gasteiger partial charge in [-0.3, -0.25) is 14.6 Å². The third-order valence-electron chi connectivity index (χ3n) is 5.50. The second-order valence-electron chi connectivity index (χ2n) is 7.57. The van der Waals surface area contributed by atoms with E-state index in [2.05, 4.69) is 4.90 Å². The summed E-state index contributed by atoms with van der Waals surface area (Å²) in [7, 11) is 3.67. The maximum absolute atomic E-state index is 14.2. The minimum Gasteiger partial charge on any atom is -0.379 e. The summed E-state index contributed by atoms with van der Waals surface area (Å²) in [6.45, 7) is 6.27. The fraction of sp³-hybridized carbons (Fsp3) is 0.650. The maximum atomic E-state index is 14.2. The van der Waals surface area contributed by atoms with Crippen molar-refractivity contribution in [3.8, 4) is 0 Å². The largest absolute Gasteiger partial charge is 0.379 e. The lowest BCUT2D eigenvalue weighted by molar-refractivity contribution is -0.138. The van der Waals surface area contributed by atoms with Crippen molar-refractivity contribution >= 4 is 5.91 Å². The summed E-state index contributed by atoms with van der Waals surface area (Å²) in [6, 6.07) is 6.02. The molecule has 0 spiro atoms. The highest BCUT2D eigenvalue weighted by atomic mass is 19.1. The van der Waals surface area contributed by atoms with Gasteiger partial charge in [0.25, 0.3) is 0 Å². The van der Waals surface area contributed by atoms with Crippen LogP contribution in [0, 0.1) is 11.7 Å². The van der Waals surface area contributed by atoms with E-state index in [0.717, 1.165) is 58.8 Å². The summed E-state index contributed by atoms with van der Waals surface area (Å²) in [5.74, 6) is 0.315. The number of ether oxygens (including phenoxy) is 1. The molecule has 1 amide bonds. The number of carbonyl (C=O) groups excluding carboxylic acids is 1. The second-order valence-corrected chi connectivity index (χ2v) is 7.57. The smallest absolute Gasteiger partial charge is 0.244 e. The minimum absolute atomic E-state index is 0.00456. The van der Waals surface area contributed by atoms with Crippen LogP contribution in [0.25, 0.3) is 0 Å². The van der Waals surface area contributed by atoms with Crippen molar-refractivity contribution in [2.75, 3.05) is 60.0 Å². The molecule has 144 valence electrons. The number of halogens is 1. The summed E-state index contributed by atoms with van der Waals surface area (Å²) in [5, 5.41) is 0. The number of rotatable bonds is 5. The van der Waals surface area contributed by atoms with Crippen molar-refractivity contribution in [2.24, 2.45) is 5.92 Å². The second kappa shape index (κ2) is 8.93. The molecular weight excluding hydrogens is 333 g/mol. The van der Waals surface area contributed by atoms with Gasteiger partial charge in [-0.15, -0.1) is 0 Å². The molecule has 1 aromatic carbocycles. The van der Waals surface area contributed by atoms with Gasteiger partial charge in [-0.1, -0.05) is 18.2 Å². The summed E-state index contributed by atoms with van der Waals surface area (Å²) in [5.41, 5.74) is 0.456. The van der Waals surface area contributed by atoms with Crippen LogP contribution < -0.4 is 0 Å². The molecule has 0 saturated carbocycles. The van der Waals surface area contributed by atoms with E-state index < -0.39 is 6.04 Å². The zero-order valence-electron chi connectivity index (χ0n) is 15.9. The Bertz CT molecular complexity index is 596. The van der Waals surface area contributed by atoms with Crippen molar-refractivity contribution in [1.82, 2.24) is 14.7 Å². The topological polar surface area (TPSA) is 36.0 Å². The lowest BCUT2D eigenvalue weighted by Crippen LogP contribution is -2.47. The van der Waals surface area contributed by atoms with Gasteiger partial charge in [0.05, 0.1) is 13.2 Å². The molecule has 3 rings (SSSR count). The standard InChI is InChI=1S/C20H30FN3O2/c1-22(2)19(17-5-3-4-6-18(17)21)20(25)24-9-7-16(8-10-24)15-23-11-13-26-14-12-23/h3-6,16,19H,7-15H2,1-2H3. The highest BCUT2D eigenvalue weighted by Gasteiger charge is 2.32. The third-order valence-corrected chi connectivity index (χ3v) is 5.50. The van der Waals surface area contributed by atoms with Crippen LogP contribution in [-0.2, 0) is 9.53 Å². The fourth-order valence-corrected chi connectivity index (χ4v) is 3.99. The van der Waals surface area contributed by atoms with Crippen LogP contribution in [0.2, 0.25) is 0 Å². The predicted octanol–water partition coefficient (Wildman–Crippen LogP) is 2.00. The van der Waals surface area contributed by atoms with Crippen molar-refractivity contribution < 1.29 is 13.9 Å². The lowest BCUT2D eigenvalue weighted by Gasteiger charge is -2.38. The molecule has 0 radical (unpaired) electrons. The molecule has 0 bridgehead atoms. The van der Waals surface area contributed by atoms with Gasteiger partial charge in [0.2, 0.25) is 5.91 Å². The molecule has 1 atom stereocenters. The van der Waals surface area contributed by atoms with Gasteiger partial charge in [0.1, 0.15) is 11.9 Å². The molecule has 2 aliphatic rings. The Morgan fingerprint density at radius 3 is 2.46 bits per heavy atom. The Kier molecular flexibility index (Phi) is 6.62. The number of likely N-dealkylation sites (N-methyl/N-ethyl adjacent to an activating group) is 1. The third kappa shape index (κ3) is 4.61. The summed E-state index contributed by atoms with van der Waals surface area (Å²) >= 11 is 0. The van der Waals surface area contributed by atoms with Gasteiger partial charge in [-0.2, -0.15) is 0 Å². The number of carbonyl (C=O) groups is 1. The highest BCUT2D eigenvalue weighted by molar-refractivity contribution is 5.83. The first kappa shape index (κ1) is 19.3. The van der Waals surface area contributed by atoms with Crippen molar-refractivity contribution in [2.45, 2.75) is 18.9 Å². The van der Waals surface area contributed by atoms with Crippen molar-refractivity contribution in [3.63, 3.8) is 0 Å². The Morgan fingerprint density at radius 1 is 1.19 bits per heavy atom. The van der Waals surface area contributed by atoms with E-state index in [1.807, 2.05) is 19.0 Å². The summed E-state index contributed by atoms with van der Waals surface area (Å²) in [6.07, 6.45) is 2.03. The van der Waals surface area contributed by atoms with Gasteiger partial charge in [0.15, 0.2) is 0 Å². The van der Waals surface area contributed by atoms with E-state index in [-0.39, 0.29) is 11.7 Å². The predicted molar refractivity (Wildman–Crippen MR) is 99.4 cm³/mol. The van der Waals surface area contributed by atoms with E-state index in [4.69, 9.17) is 4.74 Å². The van der Waals surface area contributed by atoms with Crippen LogP contribution in [0.4, 0.5) is 4.39 Å². The lowest BCUT2D eigenvalue weighted by atomic mass is 9.94. The normalized spacial score (nSPS) is 21.2. The monoisotopic (exact) mass is 363 g/mol. The van der Waals surface area contributed by atoms with Gasteiger partial charge in [0, 0.05) is 38.3 Å². The molecule has 2 fully saturated rings. The first-order chi connectivity index (χ1) is 12.6. The molecule has 0 N–H and O–H groups in total. The number of piperidine rings is 1. The number of likely N-dealkylation sites (tertiary alicyclic amines) is 1. The molecule has 0 aromatic heterocycles. The van der Waals surface area contributed by atoms with Crippen LogP contribution in [0.1, 0.15) is 24.4 Å². The molecule has 1 aromatic rings. The summed E-state index contributed by atoms with van der Waals surface area (Å²) in [4.78, 5) is 19.3. The molecule has 1 unspecified atom stereocenters. The summed E-state index contributed by atoms with van der Waals surface area (Å²) < 4.78 is 19.6. The number of morpholine rings is 1. The number of hydrogen-bond acceptors (Lipinski definition) is 4. The van der Waals surface area contributed by atoms with Crippen LogP contribution in [0.3, 0.4) is 0 Å². The van der Waals surface area contributed by atoms with Gasteiger partial charge >= 0.3 is 0 Å². The zero-order chi connectivity index (χ0) is 18.5. The average molecular weight is 363 g/mol. The Morgan fingerprint density at radius 2 is 1.85 bits per heavy atom. The van der Waals surface area contributed by atoms with E-state index in [1.165, 1.54) is 6.07 Å². The van der Waals surface area contributed by atoms with E-state index in [9.17, 15) is 9.18 Å². The number of nitrogens with zero attached hydrogens (tertiary/aromatic N) is 3. The quantitative estimate of drug-likeness (QED) is 0.802. The molecule has 0 aliphatic carbocycles. The van der Waals surface area contributed by atoms with Crippen LogP contribution in [-0.4, -0.2) is 80.6 Å². The Labute approximate surface area is 155 Å². The number of amides is 1. The zero-order valence-corrected chi connectivity index (χ0v) is 15.9. The molecule has 2 heterocycles. The number of hydrogen-bond donors (Lipinski definition) is 0. The van der Waals surface area contributed by atoms with Crippen LogP contribution >= 0.6 is 0 Å².